The van der Waals surface area contributed by atoms with E-state index in [0.29, 0.717) is 0 Å². The minimum absolute atomic E-state index is 0. The Hall–Kier alpha value is -0.320. The SMILES string of the molecule is CCCCOCCCNC(=O)C1CCCCN1.Cl. The van der Waals surface area contributed by atoms with Crippen LogP contribution in [-0.4, -0.2) is 38.3 Å². The Labute approximate surface area is 117 Å². The average Bonchev–Trinajstić information content (AvgIpc) is 2.38. The average molecular weight is 279 g/mol. The van der Waals surface area contributed by atoms with Crippen LogP contribution in [0.15, 0.2) is 0 Å². The second kappa shape index (κ2) is 11.8. The molecule has 1 rings (SSSR count). The molecule has 0 aliphatic carbocycles. The molecule has 1 fully saturated rings. The molecule has 0 bridgehead atoms. The standard InChI is InChI=1S/C13H26N2O2.ClH/c1-2-3-10-17-11-6-9-15-13(16)12-7-4-5-8-14-12;/h12,14H,2-11H2,1H3,(H,15,16);1H. The van der Waals surface area contributed by atoms with Crippen molar-refractivity contribution < 1.29 is 9.53 Å². The topological polar surface area (TPSA) is 50.4 Å². The van der Waals surface area contributed by atoms with Gasteiger partial charge in [-0.1, -0.05) is 19.8 Å². The molecule has 0 saturated carbocycles. The van der Waals surface area contributed by atoms with Crippen LogP contribution in [-0.2, 0) is 9.53 Å². The number of piperidine rings is 1. The lowest BCUT2D eigenvalue weighted by molar-refractivity contribution is -0.123. The van der Waals surface area contributed by atoms with Crippen molar-refractivity contribution in [3.63, 3.8) is 0 Å². The molecule has 5 heteroatoms. The van der Waals surface area contributed by atoms with E-state index in [-0.39, 0.29) is 24.4 Å². The molecule has 1 heterocycles. The van der Waals surface area contributed by atoms with Crippen molar-refractivity contribution in [3.05, 3.63) is 0 Å². The molecular formula is C13H27ClN2O2. The van der Waals surface area contributed by atoms with Crippen LogP contribution in [0, 0.1) is 0 Å². The van der Waals surface area contributed by atoms with Gasteiger partial charge in [0.1, 0.15) is 0 Å². The number of hydrogen-bond acceptors (Lipinski definition) is 3. The van der Waals surface area contributed by atoms with Gasteiger partial charge in [0.25, 0.3) is 0 Å². The van der Waals surface area contributed by atoms with Gasteiger partial charge in [0.15, 0.2) is 0 Å². The van der Waals surface area contributed by atoms with Gasteiger partial charge in [-0.2, -0.15) is 0 Å². The Bertz CT molecular complexity index is 209. The van der Waals surface area contributed by atoms with E-state index in [0.717, 1.165) is 52.0 Å². The molecule has 0 radical (unpaired) electrons. The highest BCUT2D eigenvalue weighted by atomic mass is 35.5. The monoisotopic (exact) mass is 278 g/mol. The second-order valence-corrected chi connectivity index (χ2v) is 4.61. The van der Waals surface area contributed by atoms with E-state index in [4.69, 9.17) is 4.74 Å². The summed E-state index contributed by atoms with van der Waals surface area (Å²) in [6.07, 6.45) is 6.52. The minimum atomic E-state index is 0. The van der Waals surface area contributed by atoms with Crippen molar-refractivity contribution in [3.8, 4) is 0 Å². The van der Waals surface area contributed by atoms with Crippen LogP contribution in [0.5, 0.6) is 0 Å². The fraction of sp³-hybridized carbons (Fsp3) is 0.923. The van der Waals surface area contributed by atoms with Gasteiger partial charge in [-0.3, -0.25) is 4.79 Å². The molecular weight excluding hydrogens is 252 g/mol. The van der Waals surface area contributed by atoms with Crippen molar-refractivity contribution >= 4 is 18.3 Å². The number of rotatable bonds is 8. The summed E-state index contributed by atoms with van der Waals surface area (Å²) in [6.45, 7) is 5.44. The molecule has 0 aromatic heterocycles. The molecule has 0 aromatic carbocycles. The summed E-state index contributed by atoms with van der Waals surface area (Å²) in [7, 11) is 0. The van der Waals surface area contributed by atoms with Gasteiger partial charge in [-0.15, -0.1) is 12.4 Å². The molecule has 1 amide bonds. The molecule has 18 heavy (non-hydrogen) atoms. The van der Waals surface area contributed by atoms with Crippen LogP contribution < -0.4 is 10.6 Å². The first kappa shape index (κ1) is 17.7. The van der Waals surface area contributed by atoms with Gasteiger partial charge < -0.3 is 15.4 Å². The predicted molar refractivity (Wildman–Crippen MR) is 76.2 cm³/mol. The van der Waals surface area contributed by atoms with Crippen LogP contribution in [0.2, 0.25) is 0 Å². The third-order valence-corrected chi connectivity index (χ3v) is 3.03. The summed E-state index contributed by atoms with van der Waals surface area (Å²) in [6, 6.07) is 0.0322. The summed E-state index contributed by atoms with van der Waals surface area (Å²) in [5.41, 5.74) is 0. The zero-order chi connectivity index (χ0) is 12.3. The number of carbonyl (C=O) groups is 1. The molecule has 1 atom stereocenters. The number of nitrogens with one attached hydrogen (secondary N) is 2. The Morgan fingerprint density at radius 1 is 1.33 bits per heavy atom. The molecule has 1 unspecified atom stereocenters. The van der Waals surface area contributed by atoms with E-state index >= 15 is 0 Å². The zero-order valence-corrected chi connectivity index (χ0v) is 12.2. The number of amides is 1. The van der Waals surface area contributed by atoms with E-state index in [2.05, 4.69) is 17.6 Å². The van der Waals surface area contributed by atoms with Crippen LogP contribution in [0.4, 0.5) is 0 Å². The molecule has 1 aliphatic heterocycles. The van der Waals surface area contributed by atoms with Crippen molar-refractivity contribution in [2.75, 3.05) is 26.3 Å². The number of ether oxygens (including phenoxy) is 1. The third kappa shape index (κ3) is 7.90. The summed E-state index contributed by atoms with van der Waals surface area (Å²) in [5.74, 6) is 0.151. The molecule has 108 valence electrons. The highest BCUT2D eigenvalue weighted by molar-refractivity contribution is 5.85. The van der Waals surface area contributed by atoms with E-state index in [9.17, 15) is 4.79 Å². The van der Waals surface area contributed by atoms with Gasteiger partial charge in [0.05, 0.1) is 6.04 Å². The first-order chi connectivity index (χ1) is 8.34. The maximum Gasteiger partial charge on any atom is 0.237 e. The second-order valence-electron chi connectivity index (χ2n) is 4.61. The van der Waals surface area contributed by atoms with E-state index in [1.807, 2.05) is 0 Å². The largest absolute Gasteiger partial charge is 0.381 e. The van der Waals surface area contributed by atoms with Gasteiger partial charge >= 0.3 is 0 Å². The highest BCUT2D eigenvalue weighted by Gasteiger charge is 2.19. The first-order valence-electron chi connectivity index (χ1n) is 6.93. The Balaban J connectivity index is 0.00000289. The molecule has 2 N–H and O–H groups in total. The number of halogens is 1. The maximum atomic E-state index is 11.7. The van der Waals surface area contributed by atoms with Crippen molar-refractivity contribution in [1.82, 2.24) is 10.6 Å². The number of unbranched alkanes of at least 4 members (excludes halogenated alkanes) is 1. The van der Waals surface area contributed by atoms with Crippen LogP contribution in [0.1, 0.15) is 45.4 Å². The maximum absolute atomic E-state index is 11.7. The Morgan fingerprint density at radius 2 is 2.11 bits per heavy atom. The van der Waals surface area contributed by atoms with Crippen LogP contribution in [0.3, 0.4) is 0 Å². The Kier molecular flexibility index (Phi) is 11.5. The van der Waals surface area contributed by atoms with Gasteiger partial charge in [-0.05, 0) is 32.2 Å². The van der Waals surface area contributed by atoms with Gasteiger partial charge in [0.2, 0.25) is 5.91 Å². The lowest BCUT2D eigenvalue weighted by Crippen LogP contribution is -2.46. The first-order valence-corrected chi connectivity index (χ1v) is 6.93. The van der Waals surface area contributed by atoms with E-state index in [1.54, 1.807) is 0 Å². The van der Waals surface area contributed by atoms with E-state index < -0.39 is 0 Å². The van der Waals surface area contributed by atoms with Crippen molar-refractivity contribution in [2.45, 2.75) is 51.5 Å². The molecule has 4 nitrogen and oxygen atoms in total. The predicted octanol–water partition coefficient (Wildman–Crippen LogP) is 1.87. The van der Waals surface area contributed by atoms with Crippen molar-refractivity contribution in [2.24, 2.45) is 0 Å². The van der Waals surface area contributed by atoms with Gasteiger partial charge in [0, 0.05) is 19.8 Å². The Morgan fingerprint density at radius 3 is 2.78 bits per heavy atom. The zero-order valence-electron chi connectivity index (χ0n) is 11.4. The van der Waals surface area contributed by atoms with Crippen LogP contribution in [0.25, 0.3) is 0 Å². The summed E-state index contributed by atoms with van der Waals surface area (Å²) in [4.78, 5) is 11.7. The fourth-order valence-corrected chi connectivity index (χ4v) is 1.93. The van der Waals surface area contributed by atoms with Crippen molar-refractivity contribution in [1.29, 1.82) is 0 Å². The van der Waals surface area contributed by atoms with Crippen LogP contribution >= 0.6 is 12.4 Å². The third-order valence-electron chi connectivity index (χ3n) is 3.03. The quantitative estimate of drug-likeness (QED) is 0.667. The molecule has 1 saturated heterocycles. The highest BCUT2D eigenvalue weighted by Crippen LogP contribution is 2.06. The molecule has 0 spiro atoms. The fourth-order valence-electron chi connectivity index (χ4n) is 1.93. The summed E-state index contributed by atoms with van der Waals surface area (Å²) >= 11 is 0. The molecule has 1 aliphatic rings. The smallest absolute Gasteiger partial charge is 0.237 e. The minimum Gasteiger partial charge on any atom is -0.381 e. The number of carbonyl (C=O) groups excluding carboxylic acids is 1. The summed E-state index contributed by atoms with van der Waals surface area (Å²) in [5, 5.41) is 6.21. The molecule has 0 aromatic rings. The number of hydrogen-bond donors (Lipinski definition) is 2. The summed E-state index contributed by atoms with van der Waals surface area (Å²) < 4.78 is 5.43. The van der Waals surface area contributed by atoms with E-state index in [1.165, 1.54) is 12.8 Å². The lowest BCUT2D eigenvalue weighted by atomic mass is 10.0. The normalized spacial score (nSPS) is 19.1. The lowest BCUT2D eigenvalue weighted by Gasteiger charge is -2.22. The van der Waals surface area contributed by atoms with Gasteiger partial charge in [-0.25, -0.2) is 0 Å².